The van der Waals surface area contributed by atoms with Gasteiger partial charge in [0.25, 0.3) is 5.91 Å². The van der Waals surface area contributed by atoms with Gasteiger partial charge in [-0.1, -0.05) is 23.7 Å². The summed E-state index contributed by atoms with van der Waals surface area (Å²) in [6, 6.07) is 8.41. The molecule has 1 heterocycles. The van der Waals surface area contributed by atoms with Crippen LogP contribution in [0.2, 0.25) is 5.02 Å². The number of nitrogens with zero attached hydrogens (tertiary/aromatic N) is 2. The number of alkyl halides is 2. The summed E-state index contributed by atoms with van der Waals surface area (Å²) in [5, 5.41) is 0.148. The van der Waals surface area contributed by atoms with Crippen molar-refractivity contribution in [2.24, 2.45) is 0 Å². The van der Waals surface area contributed by atoms with Crippen LogP contribution in [0.15, 0.2) is 36.5 Å². The van der Waals surface area contributed by atoms with Gasteiger partial charge in [0.1, 0.15) is 11.3 Å². The minimum absolute atomic E-state index is 0.131. The van der Waals surface area contributed by atoms with E-state index in [0.717, 1.165) is 11.8 Å². The zero-order valence-electron chi connectivity index (χ0n) is 13.0. The van der Waals surface area contributed by atoms with E-state index in [1.54, 1.807) is 25.3 Å². The van der Waals surface area contributed by atoms with Crippen molar-refractivity contribution in [3.8, 4) is 11.6 Å². The van der Waals surface area contributed by atoms with Crippen LogP contribution in [-0.4, -0.2) is 36.6 Å². The molecule has 0 unspecified atom stereocenters. The zero-order chi connectivity index (χ0) is 17.7. The molecule has 0 bridgehead atoms. The topological polar surface area (TPSA) is 51.7 Å². The maximum Gasteiger partial charge on any atom is 0.388 e. The summed E-state index contributed by atoms with van der Waals surface area (Å²) in [7, 11) is 3.08. The Bertz CT molecular complexity index is 728. The first kappa shape index (κ1) is 17.9. The average Bonchev–Trinajstić information content (AvgIpc) is 2.55. The smallest absolute Gasteiger partial charge is 0.388 e. The van der Waals surface area contributed by atoms with Gasteiger partial charge in [-0.05, 0) is 23.8 Å². The van der Waals surface area contributed by atoms with Crippen LogP contribution in [0.3, 0.4) is 0 Å². The molecule has 2 rings (SSSR count). The highest BCUT2D eigenvalue weighted by atomic mass is 35.5. The fourth-order valence-electron chi connectivity index (χ4n) is 2.08. The van der Waals surface area contributed by atoms with Crippen molar-refractivity contribution in [1.82, 2.24) is 9.88 Å². The molecule has 0 aliphatic heterocycles. The molecule has 1 aromatic carbocycles. The second-order valence-corrected chi connectivity index (χ2v) is 5.33. The number of carbonyl (C=O) groups excluding carboxylic acids is 1. The van der Waals surface area contributed by atoms with E-state index in [-0.39, 0.29) is 17.1 Å². The Kier molecular flexibility index (Phi) is 5.92. The summed E-state index contributed by atoms with van der Waals surface area (Å²) >= 11 is 5.81. The summed E-state index contributed by atoms with van der Waals surface area (Å²) in [6.07, 6.45) is 1.14. The summed E-state index contributed by atoms with van der Waals surface area (Å²) in [5.74, 6) is -0.347. The van der Waals surface area contributed by atoms with Gasteiger partial charge in [-0.3, -0.25) is 4.79 Å². The highest BCUT2D eigenvalue weighted by molar-refractivity contribution is 6.30. The van der Waals surface area contributed by atoms with Crippen molar-refractivity contribution in [3.05, 3.63) is 52.7 Å². The standard InChI is InChI=1S/C16H15ClF2N2O3/c1-21(9-10-4-3-5-12(6-10)23-2)15(22)13-7-11(17)8-20-14(13)24-16(18)19/h3-8,16H,9H2,1-2H3. The highest BCUT2D eigenvalue weighted by Crippen LogP contribution is 2.23. The molecular weight excluding hydrogens is 342 g/mol. The highest BCUT2D eigenvalue weighted by Gasteiger charge is 2.21. The number of halogens is 3. The number of ether oxygens (including phenoxy) is 2. The fourth-order valence-corrected chi connectivity index (χ4v) is 2.24. The Morgan fingerprint density at radius 3 is 2.79 bits per heavy atom. The molecule has 0 N–H and O–H groups in total. The average molecular weight is 357 g/mol. The molecule has 1 aromatic heterocycles. The largest absolute Gasteiger partial charge is 0.497 e. The molecule has 5 nitrogen and oxygen atoms in total. The number of carbonyl (C=O) groups is 1. The second-order valence-electron chi connectivity index (χ2n) is 4.90. The molecule has 0 aliphatic rings. The fraction of sp³-hybridized carbons (Fsp3) is 0.250. The Hall–Kier alpha value is -2.41. The van der Waals surface area contributed by atoms with Gasteiger partial charge < -0.3 is 14.4 Å². The van der Waals surface area contributed by atoms with Crippen LogP contribution in [0.25, 0.3) is 0 Å². The van der Waals surface area contributed by atoms with Crippen molar-refractivity contribution in [3.63, 3.8) is 0 Å². The third kappa shape index (κ3) is 4.55. The first-order valence-electron chi connectivity index (χ1n) is 6.89. The first-order chi connectivity index (χ1) is 11.4. The van der Waals surface area contributed by atoms with Crippen LogP contribution in [0, 0.1) is 0 Å². The van der Waals surface area contributed by atoms with Gasteiger partial charge in [0.15, 0.2) is 0 Å². The monoisotopic (exact) mass is 356 g/mol. The molecule has 0 radical (unpaired) electrons. The van der Waals surface area contributed by atoms with Gasteiger partial charge in [-0.25, -0.2) is 4.98 Å². The molecule has 0 fully saturated rings. The lowest BCUT2D eigenvalue weighted by Gasteiger charge is -2.19. The lowest BCUT2D eigenvalue weighted by Crippen LogP contribution is -2.27. The molecule has 8 heteroatoms. The van der Waals surface area contributed by atoms with Gasteiger partial charge in [0.2, 0.25) is 5.88 Å². The lowest BCUT2D eigenvalue weighted by molar-refractivity contribution is -0.0533. The van der Waals surface area contributed by atoms with E-state index in [4.69, 9.17) is 16.3 Å². The van der Waals surface area contributed by atoms with Gasteiger partial charge in [0, 0.05) is 19.8 Å². The first-order valence-corrected chi connectivity index (χ1v) is 7.27. The molecule has 24 heavy (non-hydrogen) atoms. The summed E-state index contributed by atoms with van der Waals surface area (Å²) in [4.78, 5) is 17.5. The van der Waals surface area contributed by atoms with E-state index in [0.29, 0.717) is 5.75 Å². The Labute approximate surface area is 142 Å². The van der Waals surface area contributed by atoms with Crippen LogP contribution in [0.1, 0.15) is 15.9 Å². The quantitative estimate of drug-likeness (QED) is 0.793. The van der Waals surface area contributed by atoms with Crippen molar-refractivity contribution in [2.45, 2.75) is 13.2 Å². The number of hydrogen-bond acceptors (Lipinski definition) is 4. The van der Waals surface area contributed by atoms with Crippen LogP contribution in [-0.2, 0) is 6.54 Å². The van der Waals surface area contributed by atoms with Gasteiger partial charge in [0.05, 0.1) is 12.1 Å². The number of pyridine rings is 1. The van der Waals surface area contributed by atoms with Crippen LogP contribution in [0.5, 0.6) is 11.6 Å². The SMILES string of the molecule is COc1cccc(CN(C)C(=O)c2cc(Cl)cnc2OC(F)F)c1. The molecule has 2 aromatic rings. The number of methoxy groups -OCH3 is 1. The maximum atomic E-state index is 12.5. The van der Waals surface area contributed by atoms with Crippen molar-refractivity contribution < 1.29 is 23.0 Å². The van der Waals surface area contributed by atoms with Gasteiger partial charge >= 0.3 is 6.61 Å². The molecule has 128 valence electrons. The maximum absolute atomic E-state index is 12.5. The molecular formula is C16H15ClF2N2O3. The third-order valence-electron chi connectivity index (χ3n) is 3.15. The van der Waals surface area contributed by atoms with E-state index < -0.39 is 18.4 Å². The van der Waals surface area contributed by atoms with E-state index in [1.165, 1.54) is 18.0 Å². The molecule has 0 spiro atoms. The number of aromatic nitrogens is 1. The van der Waals surface area contributed by atoms with Crippen LogP contribution < -0.4 is 9.47 Å². The molecule has 0 aliphatic carbocycles. The van der Waals surface area contributed by atoms with E-state index in [1.807, 2.05) is 6.07 Å². The van der Waals surface area contributed by atoms with E-state index >= 15 is 0 Å². The minimum atomic E-state index is -3.09. The van der Waals surface area contributed by atoms with Gasteiger partial charge in [-0.2, -0.15) is 8.78 Å². The van der Waals surface area contributed by atoms with E-state index in [9.17, 15) is 13.6 Å². The van der Waals surface area contributed by atoms with Crippen molar-refractivity contribution in [1.29, 1.82) is 0 Å². The Morgan fingerprint density at radius 2 is 2.12 bits per heavy atom. The van der Waals surface area contributed by atoms with E-state index in [2.05, 4.69) is 9.72 Å². The van der Waals surface area contributed by atoms with Crippen LogP contribution >= 0.6 is 11.6 Å². The second kappa shape index (κ2) is 7.92. The molecule has 0 saturated carbocycles. The number of rotatable bonds is 6. The molecule has 0 saturated heterocycles. The van der Waals surface area contributed by atoms with Crippen molar-refractivity contribution >= 4 is 17.5 Å². The normalized spacial score (nSPS) is 10.6. The minimum Gasteiger partial charge on any atom is -0.497 e. The van der Waals surface area contributed by atoms with Crippen molar-refractivity contribution in [2.75, 3.05) is 14.2 Å². The van der Waals surface area contributed by atoms with Crippen LogP contribution in [0.4, 0.5) is 8.78 Å². The Morgan fingerprint density at radius 1 is 1.38 bits per heavy atom. The zero-order valence-corrected chi connectivity index (χ0v) is 13.8. The third-order valence-corrected chi connectivity index (χ3v) is 3.36. The summed E-state index contributed by atoms with van der Waals surface area (Å²) < 4.78 is 34.3. The number of hydrogen-bond donors (Lipinski definition) is 0. The number of benzene rings is 1. The number of amides is 1. The lowest BCUT2D eigenvalue weighted by atomic mass is 10.2. The predicted octanol–water partition coefficient (Wildman–Crippen LogP) is 3.62. The summed E-state index contributed by atoms with van der Waals surface area (Å²) in [5.41, 5.74) is 0.685. The summed E-state index contributed by atoms with van der Waals surface area (Å²) in [6.45, 7) is -2.84. The van der Waals surface area contributed by atoms with Gasteiger partial charge in [-0.15, -0.1) is 0 Å². The molecule has 1 amide bonds. The predicted molar refractivity (Wildman–Crippen MR) is 84.7 cm³/mol. The molecule has 0 atom stereocenters. The Balaban J connectivity index is 2.22.